The molecule has 0 bridgehead atoms. The minimum atomic E-state index is -1.72. The average Bonchev–Trinajstić information content (AvgIpc) is 3.61. The van der Waals surface area contributed by atoms with Crippen LogP contribution in [0.2, 0.25) is 17.3 Å². The SMILES string of the molecule is CC(C)c1ccnc(-c2[c-]ccc3c2oc2cc4sc5ccccc5c4cc23)c1.[CH3][Ge]([CH3])([CH3])[c]1ccc(-c2[c-]cccc2)nc1.[Ir]. The number of rotatable bonds is 4. The van der Waals surface area contributed by atoms with Crippen LogP contribution < -0.4 is 4.40 Å². The minimum Gasteiger partial charge on any atom is 0 e. The Bertz CT molecular complexity index is 2280. The van der Waals surface area contributed by atoms with Crippen molar-refractivity contribution in [2.24, 2.45) is 0 Å². The topological polar surface area (TPSA) is 38.9 Å². The number of benzene rings is 4. The zero-order valence-corrected chi connectivity index (χ0v) is 31.8. The summed E-state index contributed by atoms with van der Waals surface area (Å²) in [5.74, 6) is 7.59. The van der Waals surface area contributed by atoms with Gasteiger partial charge in [0.05, 0.1) is 5.58 Å². The van der Waals surface area contributed by atoms with E-state index in [0.29, 0.717) is 5.92 Å². The van der Waals surface area contributed by atoms with Crippen molar-refractivity contribution in [3.05, 3.63) is 127 Å². The zero-order valence-electron chi connectivity index (χ0n) is 26.5. The summed E-state index contributed by atoms with van der Waals surface area (Å²) in [5, 5.41) is 4.85. The molecule has 6 heteroatoms. The maximum atomic E-state index is 6.38. The molecule has 0 aliphatic carbocycles. The van der Waals surface area contributed by atoms with E-state index in [-0.39, 0.29) is 20.1 Å². The third-order valence-corrected chi connectivity index (χ3v) is 13.6. The monoisotopic (exact) mass is 857 g/mol. The van der Waals surface area contributed by atoms with Crippen LogP contribution in [0.1, 0.15) is 25.3 Å². The van der Waals surface area contributed by atoms with Crippen LogP contribution in [0.25, 0.3) is 64.6 Å². The Balaban J connectivity index is 0.000000187. The third-order valence-electron chi connectivity index (χ3n) is 8.25. The molecule has 46 heavy (non-hydrogen) atoms. The fraction of sp³-hybridized carbons (Fsp3) is 0.150. The molecule has 231 valence electrons. The van der Waals surface area contributed by atoms with Crippen molar-refractivity contribution < 1.29 is 24.5 Å². The molecule has 0 aliphatic heterocycles. The van der Waals surface area contributed by atoms with Gasteiger partial charge < -0.3 is 9.40 Å². The standard InChI is InChI=1S/C26H18NOS.C14H16GeN.Ir/c1-15(2)16-10-11-27-22(12-16)19-8-5-7-18-20-13-21-17-6-3-4-9-24(17)29-25(21)14-23(20)28-26(18)19;1-15(2,3)13-9-10-14(16-11-13)12-7-5-4-6-8-12;/h3-7,9-15H,1-2H3;4-7,9-11H,1-3H3;/q2*-1;. The van der Waals surface area contributed by atoms with Crippen LogP contribution >= 0.6 is 11.3 Å². The van der Waals surface area contributed by atoms with Gasteiger partial charge in [0.1, 0.15) is 5.58 Å². The molecule has 8 rings (SSSR count). The molecular weight excluding hydrogens is 821 g/mol. The molecule has 3 nitrogen and oxygen atoms in total. The molecule has 0 N–H and O–H groups in total. The first-order valence-corrected chi connectivity index (χ1v) is 23.5. The second kappa shape index (κ2) is 13.2. The Morgan fingerprint density at radius 2 is 1.54 bits per heavy atom. The molecular formula is C40H34GeIrN2OS-2. The molecule has 1 radical (unpaired) electrons. The minimum absolute atomic E-state index is 0. The molecule has 0 atom stereocenters. The predicted octanol–water partition coefficient (Wildman–Crippen LogP) is 11.0. The van der Waals surface area contributed by atoms with E-state index in [1.54, 1.807) is 0 Å². The van der Waals surface area contributed by atoms with Gasteiger partial charge in [-0.25, -0.2) is 0 Å². The number of nitrogens with zero attached hydrogens (tertiary/aromatic N) is 2. The fourth-order valence-corrected chi connectivity index (χ4v) is 8.93. The molecule has 0 aliphatic rings. The molecule has 0 amide bonds. The Labute approximate surface area is 290 Å². The number of aromatic nitrogens is 2. The summed E-state index contributed by atoms with van der Waals surface area (Å²) in [7, 11) is 0. The van der Waals surface area contributed by atoms with Crippen molar-refractivity contribution in [1.29, 1.82) is 0 Å². The first-order valence-electron chi connectivity index (χ1n) is 15.3. The Hall–Kier alpha value is -3.61. The number of thiophene rings is 1. The maximum absolute atomic E-state index is 6.38. The second-order valence-corrected chi connectivity index (χ2v) is 24.5. The quantitative estimate of drug-likeness (QED) is 0.131. The number of furan rings is 1. The van der Waals surface area contributed by atoms with Crippen molar-refractivity contribution in [1.82, 2.24) is 9.97 Å². The molecule has 4 aromatic heterocycles. The number of hydrogen-bond donors (Lipinski definition) is 0. The van der Waals surface area contributed by atoms with Gasteiger partial charge in [0, 0.05) is 51.9 Å². The summed E-state index contributed by atoms with van der Waals surface area (Å²) in [6.07, 6.45) is 3.91. The molecule has 0 unspecified atom stereocenters. The fourth-order valence-electron chi connectivity index (χ4n) is 5.64. The van der Waals surface area contributed by atoms with E-state index in [0.717, 1.165) is 44.5 Å². The molecule has 4 aromatic carbocycles. The van der Waals surface area contributed by atoms with Crippen LogP contribution in [-0.2, 0) is 20.1 Å². The van der Waals surface area contributed by atoms with Crippen LogP contribution in [0.4, 0.5) is 0 Å². The van der Waals surface area contributed by atoms with Gasteiger partial charge >= 0.3 is 99.8 Å². The summed E-state index contributed by atoms with van der Waals surface area (Å²) >= 11 is 0.0961. The van der Waals surface area contributed by atoms with Gasteiger partial charge in [-0.2, -0.15) is 0 Å². The van der Waals surface area contributed by atoms with E-state index in [2.05, 4.69) is 120 Å². The number of fused-ring (bicyclic) bond motifs is 6. The van der Waals surface area contributed by atoms with Crippen molar-refractivity contribution in [2.75, 3.05) is 0 Å². The first kappa shape index (κ1) is 32.3. The van der Waals surface area contributed by atoms with Crippen LogP contribution in [0, 0.1) is 12.1 Å². The van der Waals surface area contributed by atoms with Crippen LogP contribution in [-0.4, -0.2) is 23.2 Å². The van der Waals surface area contributed by atoms with Gasteiger partial charge in [-0.15, -0.1) is 29.5 Å². The number of hydrogen-bond acceptors (Lipinski definition) is 4. The van der Waals surface area contributed by atoms with Crippen molar-refractivity contribution >= 4 is 71.1 Å². The van der Waals surface area contributed by atoms with Crippen molar-refractivity contribution in [2.45, 2.75) is 37.0 Å². The summed E-state index contributed by atoms with van der Waals surface area (Å²) in [6, 6.07) is 40.2. The van der Waals surface area contributed by atoms with E-state index in [9.17, 15) is 0 Å². The molecule has 0 saturated heterocycles. The van der Waals surface area contributed by atoms with E-state index >= 15 is 0 Å². The first-order chi connectivity index (χ1) is 21.8. The van der Waals surface area contributed by atoms with Crippen molar-refractivity contribution in [3.63, 3.8) is 0 Å². The largest absolute Gasteiger partial charge is 0 e. The van der Waals surface area contributed by atoms with Gasteiger partial charge in [0.2, 0.25) is 0 Å². The van der Waals surface area contributed by atoms with Crippen LogP contribution in [0.5, 0.6) is 0 Å². The van der Waals surface area contributed by atoms with Gasteiger partial charge in [-0.3, -0.25) is 0 Å². The van der Waals surface area contributed by atoms with E-state index in [4.69, 9.17) is 4.42 Å². The number of pyridine rings is 2. The van der Waals surface area contributed by atoms with E-state index in [1.165, 1.54) is 30.1 Å². The summed E-state index contributed by atoms with van der Waals surface area (Å²) in [6.45, 7) is 4.39. The zero-order chi connectivity index (χ0) is 31.1. The maximum Gasteiger partial charge on any atom is 0 e. The molecule has 4 heterocycles. The molecule has 8 aromatic rings. The molecule has 0 saturated carbocycles. The Kier molecular flexibility index (Phi) is 9.31. The van der Waals surface area contributed by atoms with E-state index in [1.807, 2.05) is 54.1 Å². The van der Waals surface area contributed by atoms with E-state index < -0.39 is 13.3 Å². The van der Waals surface area contributed by atoms with Gasteiger partial charge in [0.15, 0.2) is 0 Å². The molecule has 0 spiro atoms. The van der Waals surface area contributed by atoms with Crippen LogP contribution in [0.3, 0.4) is 0 Å². The Morgan fingerprint density at radius 1 is 0.717 bits per heavy atom. The van der Waals surface area contributed by atoms with Gasteiger partial charge in [0.25, 0.3) is 0 Å². The second-order valence-electron chi connectivity index (χ2n) is 12.7. The molecule has 0 fully saturated rings. The summed E-state index contributed by atoms with van der Waals surface area (Å²) in [5.41, 5.74) is 6.95. The van der Waals surface area contributed by atoms with Crippen LogP contribution in [0.15, 0.2) is 114 Å². The predicted molar refractivity (Wildman–Crippen MR) is 194 cm³/mol. The smallest absolute Gasteiger partial charge is 0 e. The van der Waals surface area contributed by atoms with Crippen molar-refractivity contribution in [3.8, 4) is 22.5 Å². The third kappa shape index (κ3) is 6.34. The van der Waals surface area contributed by atoms with Gasteiger partial charge in [-0.05, 0) is 35.9 Å². The Morgan fingerprint density at radius 3 is 2.28 bits per heavy atom. The van der Waals surface area contributed by atoms with Gasteiger partial charge in [-0.1, -0.05) is 54.6 Å². The summed E-state index contributed by atoms with van der Waals surface area (Å²) < 4.78 is 10.4. The summed E-state index contributed by atoms with van der Waals surface area (Å²) in [4.78, 5) is 9.14. The average molecular weight is 856 g/mol. The normalized spacial score (nSPS) is 11.6.